The Morgan fingerprint density at radius 3 is 2.93 bits per heavy atom. The largest absolute Gasteiger partial charge is 0.479 e. The van der Waals surface area contributed by atoms with Crippen LogP contribution < -0.4 is 10.1 Å². The maximum absolute atomic E-state index is 12.8. The first kappa shape index (κ1) is 18.9. The van der Waals surface area contributed by atoms with Crippen molar-refractivity contribution in [3.8, 4) is 11.6 Å². The summed E-state index contributed by atoms with van der Waals surface area (Å²) < 4.78 is 12.4. The minimum Gasteiger partial charge on any atom is -0.479 e. The summed E-state index contributed by atoms with van der Waals surface area (Å²) in [6.45, 7) is 2.20. The van der Waals surface area contributed by atoms with Gasteiger partial charge in [-0.25, -0.2) is 4.98 Å². The van der Waals surface area contributed by atoms with Gasteiger partial charge in [0.05, 0.1) is 18.3 Å². The van der Waals surface area contributed by atoms with E-state index in [1.807, 2.05) is 17.3 Å². The minimum absolute atomic E-state index is 0.139. The van der Waals surface area contributed by atoms with Gasteiger partial charge in [-0.1, -0.05) is 18.2 Å². The molecule has 30 heavy (non-hydrogen) atoms. The number of hydrogen-bond acceptors (Lipinski definition) is 6. The Balaban J connectivity index is 1.27. The molecule has 0 saturated carbocycles. The normalized spacial score (nSPS) is 17.3. The number of likely N-dealkylation sites (tertiary alicyclic amines) is 1. The zero-order valence-corrected chi connectivity index (χ0v) is 17.0. The van der Waals surface area contributed by atoms with E-state index in [1.54, 1.807) is 13.2 Å². The van der Waals surface area contributed by atoms with Gasteiger partial charge in [0.2, 0.25) is 5.91 Å². The van der Waals surface area contributed by atoms with Crippen LogP contribution in [0.2, 0.25) is 0 Å². The smallest absolute Gasteiger partial charge is 0.254 e. The van der Waals surface area contributed by atoms with Crippen LogP contribution in [0.4, 0.5) is 0 Å². The van der Waals surface area contributed by atoms with E-state index >= 15 is 0 Å². The van der Waals surface area contributed by atoms with Crippen LogP contribution in [0, 0.1) is 0 Å². The predicted octanol–water partition coefficient (Wildman–Crippen LogP) is 2.42. The molecule has 2 aliphatic heterocycles. The van der Waals surface area contributed by atoms with Crippen molar-refractivity contribution in [2.24, 2.45) is 0 Å². The quantitative estimate of drug-likeness (QED) is 0.715. The van der Waals surface area contributed by atoms with Crippen molar-refractivity contribution >= 4 is 5.91 Å². The molecule has 2 aliphatic rings. The molecule has 0 radical (unpaired) electrons. The second kappa shape index (κ2) is 7.60. The van der Waals surface area contributed by atoms with E-state index in [4.69, 9.17) is 14.2 Å². The van der Waals surface area contributed by atoms with Crippen LogP contribution in [0.3, 0.4) is 0 Å². The number of aryl methyl sites for hydroxylation is 1. The number of nitrogens with zero attached hydrogens (tertiary/aromatic N) is 4. The molecule has 1 aromatic carbocycles. The maximum atomic E-state index is 12.8. The third kappa shape index (κ3) is 3.27. The zero-order chi connectivity index (χ0) is 20.6. The first-order valence-corrected chi connectivity index (χ1v) is 10.3. The molecule has 0 aliphatic carbocycles. The molecule has 156 valence electrons. The van der Waals surface area contributed by atoms with Gasteiger partial charge in [0.15, 0.2) is 0 Å². The summed E-state index contributed by atoms with van der Waals surface area (Å²) in [7, 11) is 1.54. The van der Waals surface area contributed by atoms with Crippen LogP contribution in [-0.4, -0.2) is 45.7 Å². The Labute approximate surface area is 174 Å². The summed E-state index contributed by atoms with van der Waals surface area (Å²) in [6, 6.07) is 10.2. The number of benzene rings is 1. The lowest BCUT2D eigenvalue weighted by molar-refractivity contribution is -0.133. The number of hydrogen-bond donors (Lipinski definition) is 1. The molecule has 1 saturated heterocycles. The summed E-state index contributed by atoms with van der Waals surface area (Å²) in [5.74, 6) is 2.28. The molecule has 0 bridgehead atoms. The Morgan fingerprint density at radius 1 is 1.30 bits per heavy atom. The van der Waals surface area contributed by atoms with Crippen molar-refractivity contribution in [1.82, 2.24) is 24.9 Å². The van der Waals surface area contributed by atoms with Gasteiger partial charge >= 0.3 is 0 Å². The van der Waals surface area contributed by atoms with E-state index in [0.29, 0.717) is 37.6 Å². The van der Waals surface area contributed by atoms with Gasteiger partial charge < -0.3 is 24.0 Å². The molecule has 5 rings (SSSR count). The van der Waals surface area contributed by atoms with Crippen molar-refractivity contribution in [3.05, 3.63) is 59.9 Å². The molecule has 1 amide bonds. The van der Waals surface area contributed by atoms with Crippen LogP contribution in [-0.2, 0) is 23.3 Å². The molecule has 2 aromatic heterocycles. The minimum atomic E-state index is -0.225. The lowest BCUT2D eigenvalue weighted by atomic mass is 9.86. The molecular formula is C22H25N5O3. The molecule has 8 heteroatoms. The molecule has 1 fully saturated rings. The second-order valence-corrected chi connectivity index (χ2v) is 7.90. The number of piperidine rings is 1. The highest BCUT2D eigenvalue weighted by Gasteiger charge is 2.41. The molecule has 8 nitrogen and oxygen atoms in total. The highest BCUT2D eigenvalue weighted by Crippen LogP contribution is 2.36. The van der Waals surface area contributed by atoms with Gasteiger partial charge in [-0.3, -0.25) is 4.79 Å². The molecule has 0 unspecified atom stereocenters. The van der Waals surface area contributed by atoms with Gasteiger partial charge in [-0.15, -0.1) is 0 Å². The van der Waals surface area contributed by atoms with Crippen molar-refractivity contribution in [2.45, 2.75) is 37.8 Å². The summed E-state index contributed by atoms with van der Waals surface area (Å²) in [5.41, 5.74) is 2.21. The van der Waals surface area contributed by atoms with Crippen LogP contribution in [0.15, 0.2) is 47.2 Å². The first-order valence-electron chi connectivity index (χ1n) is 10.3. The average Bonchev–Trinajstić information content (AvgIpc) is 3.44. The van der Waals surface area contributed by atoms with E-state index in [-0.39, 0.29) is 11.4 Å². The van der Waals surface area contributed by atoms with Crippen molar-refractivity contribution in [3.63, 3.8) is 0 Å². The molecule has 3 aromatic rings. The van der Waals surface area contributed by atoms with Crippen molar-refractivity contribution < 1.29 is 14.1 Å². The van der Waals surface area contributed by atoms with Gasteiger partial charge in [0.1, 0.15) is 11.6 Å². The fourth-order valence-corrected chi connectivity index (χ4v) is 4.53. The lowest BCUT2D eigenvalue weighted by Crippen LogP contribution is -2.52. The molecule has 0 atom stereocenters. The predicted molar refractivity (Wildman–Crippen MR) is 109 cm³/mol. The van der Waals surface area contributed by atoms with Gasteiger partial charge in [-0.2, -0.15) is 0 Å². The number of para-hydroxylation sites is 1. The van der Waals surface area contributed by atoms with Crippen LogP contribution >= 0.6 is 0 Å². The molecule has 1 spiro atoms. The average molecular weight is 407 g/mol. The summed E-state index contributed by atoms with van der Waals surface area (Å²) in [5, 5.41) is 7.55. The number of amides is 1. The van der Waals surface area contributed by atoms with Crippen LogP contribution in [0.5, 0.6) is 5.88 Å². The number of rotatable bonds is 4. The summed E-state index contributed by atoms with van der Waals surface area (Å²) in [6.07, 6.45) is 6.49. The van der Waals surface area contributed by atoms with Crippen molar-refractivity contribution in [1.29, 1.82) is 0 Å². The Kier molecular flexibility index (Phi) is 4.78. The second-order valence-electron chi connectivity index (χ2n) is 7.90. The van der Waals surface area contributed by atoms with E-state index in [1.165, 1.54) is 11.3 Å². The van der Waals surface area contributed by atoms with E-state index < -0.39 is 0 Å². The Hall–Kier alpha value is -3.13. The fourth-order valence-electron chi connectivity index (χ4n) is 4.53. The number of carbonyl (C=O) groups is 1. The number of aromatic nitrogens is 3. The fraction of sp³-hybridized carbons (Fsp3) is 0.409. The topological polar surface area (TPSA) is 85.4 Å². The lowest BCUT2D eigenvalue weighted by Gasteiger charge is -2.41. The van der Waals surface area contributed by atoms with E-state index in [2.05, 4.69) is 39.3 Å². The highest BCUT2D eigenvalue weighted by atomic mass is 16.5. The van der Waals surface area contributed by atoms with Gasteiger partial charge in [0.25, 0.3) is 5.88 Å². The standard InChI is InChI=1S/C22H25N5O3/c1-29-19-14-17(30-25-19)6-7-20(28)26-11-8-22(9-12-26)21-23-10-13-27(21)18-5-3-2-4-16(18)15-24-22/h2-5,10,13-14,24H,6-9,11-12,15H2,1H3. The van der Waals surface area contributed by atoms with Gasteiger partial charge in [-0.05, 0) is 29.6 Å². The molecule has 1 N–H and O–H groups in total. The van der Waals surface area contributed by atoms with Crippen LogP contribution in [0.25, 0.3) is 5.69 Å². The maximum Gasteiger partial charge on any atom is 0.254 e. The zero-order valence-electron chi connectivity index (χ0n) is 17.0. The van der Waals surface area contributed by atoms with E-state index in [0.717, 1.165) is 25.2 Å². The monoisotopic (exact) mass is 407 g/mol. The number of fused-ring (bicyclic) bond motifs is 4. The number of carbonyl (C=O) groups excluding carboxylic acids is 1. The molecular weight excluding hydrogens is 382 g/mol. The van der Waals surface area contributed by atoms with Gasteiger partial charge in [0, 0.05) is 50.9 Å². The van der Waals surface area contributed by atoms with Crippen molar-refractivity contribution in [2.75, 3.05) is 20.2 Å². The number of imidazole rings is 1. The third-order valence-corrected chi connectivity index (χ3v) is 6.24. The summed E-state index contributed by atoms with van der Waals surface area (Å²) >= 11 is 0. The third-order valence-electron chi connectivity index (χ3n) is 6.24. The number of ether oxygens (including phenoxy) is 1. The van der Waals surface area contributed by atoms with E-state index in [9.17, 15) is 4.79 Å². The van der Waals surface area contributed by atoms with Crippen LogP contribution in [0.1, 0.15) is 36.4 Å². The number of methoxy groups -OCH3 is 1. The Bertz CT molecular complexity index is 1050. The first-order chi connectivity index (χ1) is 14.7. The number of nitrogens with one attached hydrogen (secondary N) is 1. The molecule has 4 heterocycles. The summed E-state index contributed by atoms with van der Waals surface area (Å²) in [4.78, 5) is 19.4. The highest BCUT2D eigenvalue weighted by molar-refractivity contribution is 5.76. The SMILES string of the molecule is COc1cc(CCC(=O)N2CCC3(CC2)NCc2ccccc2-n2ccnc23)on1. The Morgan fingerprint density at radius 2 is 2.13 bits per heavy atom.